The highest BCUT2D eigenvalue weighted by Crippen LogP contribution is 2.08. The van der Waals surface area contributed by atoms with E-state index in [4.69, 9.17) is 0 Å². The Bertz CT molecular complexity index is 50.3. The van der Waals surface area contributed by atoms with Gasteiger partial charge in [0.2, 0.25) is 0 Å². The first kappa shape index (κ1) is 8.09. The lowest BCUT2D eigenvalue weighted by Crippen LogP contribution is -1.71. The van der Waals surface area contributed by atoms with Gasteiger partial charge in [0.15, 0.2) is 0 Å². The molecule has 47 valence electrons. The summed E-state index contributed by atoms with van der Waals surface area (Å²) in [4.78, 5) is 0. The monoisotopic (exact) mass is 129 g/mol. The van der Waals surface area contributed by atoms with Crippen molar-refractivity contribution in [3.05, 3.63) is 18.4 Å². The summed E-state index contributed by atoms with van der Waals surface area (Å²) in [5, 5.41) is 0. The molecule has 0 aromatic heterocycles. The van der Waals surface area contributed by atoms with E-state index >= 15 is 0 Å². The van der Waals surface area contributed by atoms with Crippen molar-refractivity contribution in [3.63, 3.8) is 0 Å². The van der Waals surface area contributed by atoms with Crippen molar-refractivity contribution < 1.29 is 0 Å². The molecule has 0 spiro atoms. The zero-order valence-corrected chi connectivity index (χ0v) is 6.21. The van der Waals surface area contributed by atoms with E-state index in [1.54, 1.807) is 0 Å². The first-order chi connectivity index (χ1) is 3.91. The van der Waals surface area contributed by atoms with E-state index in [0.717, 1.165) is 6.42 Å². The Hall–Kier alpha value is 0.0900. The molecule has 0 unspecified atom stereocenters. The maximum absolute atomic E-state index is 3.61. The lowest BCUT2D eigenvalue weighted by molar-refractivity contribution is 1.11. The fraction of sp³-hybridized carbons (Fsp3) is 0.571. The molecular formula is C7H13S. The Morgan fingerprint density at radius 1 is 1.62 bits per heavy atom. The average Bonchev–Trinajstić information content (AvgIpc) is 1.81. The summed E-state index contributed by atoms with van der Waals surface area (Å²) in [5.74, 6) is 3.43. The molecule has 0 nitrogen and oxygen atoms in total. The summed E-state index contributed by atoms with van der Waals surface area (Å²) in [6.45, 7) is 5.80. The van der Waals surface area contributed by atoms with Crippen LogP contribution in [-0.4, -0.2) is 5.75 Å². The maximum atomic E-state index is 3.61. The van der Waals surface area contributed by atoms with Crippen LogP contribution >= 0.6 is 11.8 Å². The highest BCUT2D eigenvalue weighted by Gasteiger charge is 1.81. The fourth-order valence-corrected chi connectivity index (χ4v) is 1.01. The largest absolute Gasteiger partial charge is 0.157 e. The molecule has 0 rings (SSSR count). The molecule has 0 saturated carbocycles. The SMILES string of the molecule is C=CC[CH]SCCC. The van der Waals surface area contributed by atoms with Gasteiger partial charge >= 0.3 is 0 Å². The Morgan fingerprint density at radius 2 is 2.38 bits per heavy atom. The lowest BCUT2D eigenvalue weighted by Gasteiger charge is -1.91. The van der Waals surface area contributed by atoms with Crippen LogP contribution in [0.4, 0.5) is 0 Å². The molecule has 8 heavy (non-hydrogen) atoms. The van der Waals surface area contributed by atoms with E-state index < -0.39 is 0 Å². The van der Waals surface area contributed by atoms with Gasteiger partial charge in [-0.3, -0.25) is 0 Å². The molecule has 0 aliphatic rings. The van der Waals surface area contributed by atoms with Gasteiger partial charge in [0.25, 0.3) is 0 Å². The third-order valence-corrected chi connectivity index (χ3v) is 1.77. The first-order valence-corrected chi connectivity index (χ1v) is 4.00. The predicted molar refractivity (Wildman–Crippen MR) is 41.9 cm³/mol. The van der Waals surface area contributed by atoms with Gasteiger partial charge in [-0.2, -0.15) is 11.8 Å². The van der Waals surface area contributed by atoms with Crippen LogP contribution in [0.25, 0.3) is 0 Å². The van der Waals surface area contributed by atoms with Crippen LogP contribution in [0.15, 0.2) is 12.7 Å². The summed E-state index contributed by atoms with van der Waals surface area (Å²) in [5.41, 5.74) is 0. The van der Waals surface area contributed by atoms with E-state index in [0.29, 0.717) is 0 Å². The van der Waals surface area contributed by atoms with Crippen LogP contribution in [0.3, 0.4) is 0 Å². The van der Waals surface area contributed by atoms with Crippen LogP contribution in [0.5, 0.6) is 0 Å². The Labute approximate surface area is 56.4 Å². The van der Waals surface area contributed by atoms with Crippen molar-refractivity contribution >= 4 is 11.8 Å². The fourth-order valence-electron chi connectivity index (χ4n) is 0.337. The molecule has 0 atom stereocenters. The third-order valence-electron chi connectivity index (χ3n) is 0.703. The topological polar surface area (TPSA) is 0 Å². The summed E-state index contributed by atoms with van der Waals surface area (Å²) >= 11 is 1.88. The summed E-state index contributed by atoms with van der Waals surface area (Å²) in [7, 11) is 0. The molecule has 0 N–H and O–H groups in total. The Kier molecular flexibility index (Phi) is 7.17. The van der Waals surface area contributed by atoms with Gasteiger partial charge in [-0.1, -0.05) is 13.0 Å². The molecule has 0 aromatic carbocycles. The van der Waals surface area contributed by atoms with Gasteiger partial charge in [0.1, 0.15) is 0 Å². The van der Waals surface area contributed by atoms with Gasteiger partial charge < -0.3 is 0 Å². The minimum absolute atomic E-state index is 1.03. The van der Waals surface area contributed by atoms with Crippen molar-refractivity contribution in [1.29, 1.82) is 0 Å². The smallest absolute Gasteiger partial charge is 0.0203 e. The molecule has 0 aliphatic carbocycles. The van der Waals surface area contributed by atoms with Gasteiger partial charge in [-0.15, -0.1) is 6.58 Å². The number of allylic oxidation sites excluding steroid dienone is 1. The molecule has 0 aliphatic heterocycles. The van der Waals surface area contributed by atoms with Crippen molar-refractivity contribution in [2.24, 2.45) is 0 Å². The quantitative estimate of drug-likeness (QED) is 0.406. The summed E-state index contributed by atoms with van der Waals surface area (Å²) < 4.78 is 0. The molecule has 0 aromatic rings. The maximum Gasteiger partial charge on any atom is 0.0203 e. The molecule has 1 heteroatoms. The van der Waals surface area contributed by atoms with Crippen molar-refractivity contribution in [3.8, 4) is 0 Å². The van der Waals surface area contributed by atoms with Crippen molar-refractivity contribution in [2.45, 2.75) is 19.8 Å². The molecule has 1 radical (unpaired) electrons. The van der Waals surface area contributed by atoms with Crippen LogP contribution in [0.2, 0.25) is 0 Å². The lowest BCUT2D eigenvalue weighted by atomic mass is 10.5. The minimum Gasteiger partial charge on any atom is -0.157 e. The van der Waals surface area contributed by atoms with E-state index in [9.17, 15) is 0 Å². The second kappa shape index (κ2) is 7.09. The standard InChI is InChI=1S/C7H13S/c1-3-5-7-8-6-4-2/h3,7H,1,4-6H2,2H3. The van der Waals surface area contributed by atoms with E-state index in [1.165, 1.54) is 12.2 Å². The second-order valence-electron chi connectivity index (χ2n) is 1.56. The number of rotatable bonds is 5. The highest BCUT2D eigenvalue weighted by molar-refractivity contribution is 8.01. The molecule has 0 bridgehead atoms. The van der Waals surface area contributed by atoms with Crippen LogP contribution in [0.1, 0.15) is 19.8 Å². The normalized spacial score (nSPS) is 9.12. The van der Waals surface area contributed by atoms with Gasteiger partial charge in [0.05, 0.1) is 0 Å². The molecule has 0 amide bonds. The molecular weight excluding hydrogens is 116 g/mol. The van der Waals surface area contributed by atoms with Gasteiger partial charge in [-0.05, 0) is 18.6 Å². The second-order valence-corrected chi connectivity index (χ2v) is 2.64. The van der Waals surface area contributed by atoms with Crippen molar-refractivity contribution in [2.75, 3.05) is 5.75 Å². The van der Waals surface area contributed by atoms with Gasteiger partial charge in [-0.25, -0.2) is 0 Å². The van der Waals surface area contributed by atoms with Crippen LogP contribution in [-0.2, 0) is 0 Å². The Morgan fingerprint density at radius 3 is 2.88 bits per heavy atom. The molecule has 0 fully saturated rings. The highest BCUT2D eigenvalue weighted by atomic mass is 32.2. The zero-order valence-electron chi connectivity index (χ0n) is 5.39. The minimum atomic E-state index is 1.03. The average molecular weight is 129 g/mol. The molecule has 0 heterocycles. The molecule has 0 saturated heterocycles. The summed E-state index contributed by atoms with van der Waals surface area (Å²) in [6.07, 6.45) is 4.21. The predicted octanol–water partition coefficient (Wildman–Crippen LogP) is 2.87. The first-order valence-electron chi connectivity index (χ1n) is 2.96. The third kappa shape index (κ3) is 6.09. The summed E-state index contributed by atoms with van der Waals surface area (Å²) in [6, 6.07) is 0. The zero-order chi connectivity index (χ0) is 6.24. The van der Waals surface area contributed by atoms with Gasteiger partial charge in [0, 0.05) is 5.75 Å². The number of hydrogen-bond donors (Lipinski definition) is 0. The number of thioether (sulfide) groups is 1. The van der Waals surface area contributed by atoms with E-state index in [1.807, 2.05) is 17.8 Å². The van der Waals surface area contributed by atoms with Crippen LogP contribution in [0, 0.1) is 5.75 Å². The van der Waals surface area contributed by atoms with E-state index in [-0.39, 0.29) is 0 Å². The number of hydrogen-bond acceptors (Lipinski definition) is 1. The Balaban J connectivity index is 2.62. The van der Waals surface area contributed by atoms with Crippen molar-refractivity contribution in [1.82, 2.24) is 0 Å². The van der Waals surface area contributed by atoms with E-state index in [2.05, 4.69) is 19.3 Å². The van der Waals surface area contributed by atoms with Crippen LogP contribution < -0.4 is 0 Å².